The largest absolute Gasteiger partial charge is 0.507 e. The van der Waals surface area contributed by atoms with E-state index in [1.165, 1.54) is 11.0 Å². The quantitative estimate of drug-likeness (QED) is 0.0920. The van der Waals surface area contributed by atoms with E-state index >= 15 is 0 Å². The van der Waals surface area contributed by atoms with Crippen LogP contribution in [0.3, 0.4) is 0 Å². The Labute approximate surface area is 360 Å². The first-order chi connectivity index (χ1) is 29.7. The van der Waals surface area contributed by atoms with Crippen LogP contribution in [0.2, 0.25) is 0 Å². The van der Waals surface area contributed by atoms with Crippen molar-refractivity contribution in [3.8, 4) is 33.3 Å². The van der Waals surface area contributed by atoms with Crippen molar-refractivity contribution in [2.75, 3.05) is 18.5 Å². The lowest BCUT2D eigenvalue weighted by atomic mass is 9.72. The molecule has 17 nitrogen and oxygen atoms in total. The maximum atomic E-state index is 14.2. The van der Waals surface area contributed by atoms with Gasteiger partial charge in [0.25, 0.3) is 11.8 Å². The van der Waals surface area contributed by atoms with Gasteiger partial charge in [0.05, 0.1) is 33.9 Å². The number of nitrogens with one attached hydrogen (secondary N) is 3. The maximum absolute atomic E-state index is 14.2. The monoisotopic (exact) mass is 864 g/mol. The van der Waals surface area contributed by atoms with E-state index in [9.17, 15) is 34.5 Å². The minimum absolute atomic E-state index is 0.0392. The number of aromatic nitrogens is 4. The molecule has 0 bridgehead atoms. The van der Waals surface area contributed by atoms with Gasteiger partial charge < -0.3 is 45.4 Å². The van der Waals surface area contributed by atoms with E-state index in [-0.39, 0.29) is 67.1 Å². The van der Waals surface area contributed by atoms with E-state index < -0.39 is 53.9 Å². The number of benzene rings is 2. The molecule has 2 fully saturated rings. The van der Waals surface area contributed by atoms with Crippen molar-refractivity contribution < 1.29 is 43.8 Å². The Morgan fingerprint density at radius 2 is 1.85 bits per heavy atom. The Hall–Kier alpha value is -6.40. The van der Waals surface area contributed by atoms with Gasteiger partial charge in [-0.2, -0.15) is 0 Å². The lowest BCUT2D eigenvalue weighted by Crippen LogP contribution is -2.59. The maximum Gasteiger partial charge on any atom is 0.329 e. The molecule has 2 aromatic carbocycles. The van der Waals surface area contributed by atoms with E-state index in [2.05, 4.69) is 36.3 Å². The number of carbonyl (C=O) groups excluding carboxylic acids is 3. The number of thiazole rings is 1. The smallest absolute Gasteiger partial charge is 0.329 e. The number of carboxylic acids is 1. The highest BCUT2D eigenvalue weighted by Crippen LogP contribution is 2.47. The van der Waals surface area contributed by atoms with Crippen LogP contribution < -0.4 is 20.7 Å². The van der Waals surface area contributed by atoms with Gasteiger partial charge in [-0.15, -0.1) is 21.5 Å². The molecule has 1 saturated heterocycles. The number of amides is 3. The van der Waals surface area contributed by atoms with Crippen molar-refractivity contribution in [1.29, 1.82) is 0 Å². The number of hydrogen-bond donors (Lipinski definition) is 6. The number of phenols is 1. The van der Waals surface area contributed by atoms with Crippen molar-refractivity contribution in [2.24, 2.45) is 5.92 Å². The molecule has 0 radical (unpaired) electrons. The van der Waals surface area contributed by atoms with Gasteiger partial charge in [0, 0.05) is 42.1 Å². The molecular formula is C44H48N8O9S. The number of aryl methyl sites for hydroxylation is 1. The van der Waals surface area contributed by atoms with Crippen LogP contribution in [0.1, 0.15) is 86.9 Å². The number of aliphatic hydroxyl groups is 1. The summed E-state index contributed by atoms with van der Waals surface area (Å²) in [5.41, 5.74) is 4.72. The Morgan fingerprint density at radius 1 is 1.08 bits per heavy atom. The average molecular weight is 865 g/mol. The Morgan fingerprint density at radius 3 is 2.56 bits per heavy atom. The zero-order chi connectivity index (χ0) is 43.9. The lowest BCUT2D eigenvalue weighted by Gasteiger charge is -2.39. The van der Waals surface area contributed by atoms with Crippen molar-refractivity contribution >= 4 is 40.8 Å². The summed E-state index contributed by atoms with van der Waals surface area (Å²) in [7, 11) is 0. The Bertz CT molecular complexity index is 2490. The van der Waals surface area contributed by atoms with Crippen LogP contribution in [-0.2, 0) is 19.2 Å². The molecule has 8 rings (SSSR count). The predicted octanol–water partition coefficient (Wildman–Crippen LogP) is 4.93. The fraction of sp³-hybridized carbons (Fsp3) is 0.409. The number of phenolic OH excluding ortho intramolecular Hbond substituents is 1. The summed E-state index contributed by atoms with van der Waals surface area (Å²) >= 11 is 1.56. The van der Waals surface area contributed by atoms with Crippen molar-refractivity contribution in [3.63, 3.8) is 0 Å². The number of ether oxygens (including phenoxy) is 1. The van der Waals surface area contributed by atoms with Gasteiger partial charge >= 0.3 is 5.97 Å². The van der Waals surface area contributed by atoms with Crippen LogP contribution in [-0.4, -0.2) is 101 Å². The van der Waals surface area contributed by atoms with Crippen molar-refractivity contribution in [3.05, 3.63) is 88.8 Å². The van der Waals surface area contributed by atoms with E-state index in [0.29, 0.717) is 23.5 Å². The van der Waals surface area contributed by atoms with Gasteiger partial charge in [0.15, 0.2) is 18.2 Å². The topological polar surface area (TPSA) is 242 Å². The van der Waals surface area contributed by atoms with Crippen LogP contribution in [0.5, 0.6) is 11.6 Å². The van der Waals surface area contributed by atoms with Gasteiger partial charge in [0.1, 0.15) is 23.2 Å². The van der Waals surface area contributed by atoms with Crippen molar-refractivity contribution in [2.45, 2.75) is 95.0 Å². The molecule has 7 atom stereocenters. The molecule has 3 aromatic heterocycles. The molecule has 18 heteroatoms. The van der Waals surface area contributed by atoms with E-state index in [4.69, 9.17) is 9.26 Å². The molecule has 62 heavy (non-hydrogen) atoms. The third kappa shape index (κ3) is 8.31. The summed E-state index contributed by atoms with van der Waals surface area (Å²) in [5, 5.41) is 53.2. The number of fused-ring (bicyclic) bond motifs is 3. The van der Waals surface area contributed by atoms with Gasteiger partial charge in [-0.1, -0.05) is 50.2 Å². The summed E-state index contributed by atoms with van der Waals surface area (Å²) in [6.07, 6.45) is -0.206. The number of aliphatic carboxylic acids is 1. The molecule has 0 spiro atoms. The van der Waals surface area contributed by atoms with E-state index in [0.717, 1.165) is 27.3 Å². The summed E-state index contributed by atoms with van der Waals surface area (Å²) in [6.45, 7) is 6.82. The van der Waals surface area contributed by atoms with Crippen molar-refractivity contribution in [1.82, 2.24) is 35.9 Å². The highest BCUT2D eigenvalue weighted by atomic mass is 32.1. The molecule has 3 amide bonds. The second-order valence-electron chi connectivity index (χ2n) is 16.7. The van der Waals surface area contributed by atoms with Gasteiger partial charge in [0.2, 0.25) is 11.8 Å². The number of aliphatic hydroxyl groups excluding tert-OH is 1. The number of hydrogen-bond acceptors (Lipinski definition) is 14. The predicted molar refractivity (Wildman–Crippen MR) is 226 cm³/mol. The number of para-hydroxylation sites is 1. The second-order valence-corrected chi connectivity index (χ2v) is 17.5. The zero-order valence-electron chi connectivity index (χ0n) is 34.6. The number of nitrogens with zero attached hydrogens (tertiary/aromatic N) is 5. The molecule has 5 aromatic rings. The van der Waals surface area contributed by atoms with Crippen LogP contribution in [0.25, 0.3) is 21.7 Å². The standard InChI is InChI=1S/C44H48N8O9S/c1-22(2)38(42(57)52-19-27(53)15-33(52)41(56)46-23(3)25-9-11-26(12-10-25)39-24(4)45-21-62-39)35-17-37(51-61-35)60-20-36(55)48-44(43(58)59)14-13-31-30(18-44)29-16-32(49-50-40(29)47-31)28-7-5-6-8-34(28)54/h5-12,16-17,21-23,27,30-31,33,38,53-54H,13-15,18-20H2,1-4H3,(H,46,56)(H,47,50)(H,48,55)(H,58,59)/t23-,27+,30?,31?,33-,38?,44+/m0/s1. The lowest BCUT2D eigenvalue weighted by molar-refractivity contribution is -0.150. The average Bonchev–Trinajstić information content (AvgIpc) is 4.06. The normalized spacial score (nSPS) is 22.6. The van der Waals surface area contributed by atoms with Gasteiger partial charge in [-0.3, -0.25) is 14.4 Å². The summed E-state index contributed by atoms with van der Waals surface area (Å²) < 4.78 is 11.2. The zero-order valence-corrected chi connectivity index (χ0v) is 35.4. The molecule has 6 N–H and O–H groups in total. The number of anilines is 1. The number of β-amino-alcohol motifs (C(OH)–C–C–N with tert-alkyl or cyclic N) is 1. The summed E-state index contributed by atoms with van der Waals surface area (Å²) in [5.74, 6) is -3.64. The molecule has 5 heterocycles. The second kappa shape index (κ2) is 17.2. The fourth-order valence-electron chi connectivity index (χ4n) is 8.93. The minimum atomic E-state index is -1.61. The summed E-state index contributed by atoms with van der Waals surface area (Å²) in [6, 6.07) is 16.4. The molecule has 324 valence electrons. The first-order valence-corrected chi connectivity index (χ1v) is 21.4. The molecular weight excluding hydrogens is 817 g/mol. The minimum Gasteiger partial charge on any atom is -0.507 e. The van der Waals surface area contributed by atoms with Crippen LogP contribution in [0, 0.1) is 12.8 Å². The Kier molecular flexibility index (Phi) is 11.7. The number of likely N-dealkylation sites (tertiary alicyclic amines) is 1. The van der Waals surface area contributed by atoms with Gasteiger partial charge in [-0.05, 0) is 73.5 Å². The fourth-order valence-corrected chi connectivity index (χ4v) is 9.74. The highest BCUT2D eigenvalue weighted by molar-refractivity contribution is 7.13. The molecule has 1 aliphatic carbocycles. The third-order valence-corrected chi connectivity index (χ3v) is 13.2. The number of carboxylic acid groups (broad SMARTS) is 1. The third-order valence-electron chi connectivity index (χ3n) is 12.2. The Balaban J connectivity index is 0.899. The molecule has 2 aliphatic heterocycles. The van der Waals surface area contributed by atoms with Crippen LogP contribution in [0.4, 0.5) is 5.82 Å². The molecule has 1 saturated carbocycles. The number of rotatable bonds is 13. The first-order valence-electron chi connectivity index (χ1n) is 20.6. The van der Waals surface area contributed by atoms with Crippen LogP contribution >= 0.6 is 11.3 Å². The highest BCUT2D eigenvalue weighted by Gasteiger charge is 2.51. The van der Waals surface area contributed by atoms with Crippen LogP contribution in [0.15, 0.2) is 70.7 Å². The van der Waals surface area contributed by atoms with E-state index in [1.807, 2.05) is 52.0 Å². The first kappa shape index (κ1) is 42.3. The number of aromatic hydroxyl groups is 1. The molecule has 3 aliphatic rings. The van der Waals surface area contributed by atoms with Gasteiger partial charge in [-0.25, -0.2) is 9.78 Å². The molecule has 3 unspecified atom stereocenters. The van der Waals surface area contributed by atoms with E-state index in [1.54, 1.807) is 47.2 Å². The summed E-state index contributed by atoms with van der Waals surface area (Å²) in [4.78, 5) is 60.9. The SMILES string of the molecule is Cc1ncsc1-c1ccc([C@H](C)NC(=O)[C@@H]2C[C@@H](O)CN2C(=O)C(c2cc(OCC(=O)N[C@]3(C(=O)O)CCC4Nc5nnc(-c6ccccc6O)cc5C4C3)no2)C(C)C)cc1. The number of carbonyl (C=O) groups is 4.